The molecule has 0 saturated carbocycles. The Bertz CT molecular complexity index is 278. The average Bonchev–Trinajstić information content (AvgIpc) is 2.61. The summed E-state index contributed by atoms with van der Waals surface area (Å²) in [5.74, 6) is 1.81. The zero-order valence-electron chi connectivity index (χ0n) is 10.3. The summed E-state index contributed by atoms with van der Waals surface area (Å²) in [5.41, 5.74) is 0. The van der Waals surface area contributed by atoms with Crippen LogP contribution in [0.25, 0.3) is 0 Å². The summed E-state index contributed by atoms with van der Waals surface area (Å²) in [6, 6.07) is 0.564. The fourth-order valence-corrected chi connectivity index (χ4v) is 1.48. The van der Waals surface area contributed by atoms with Gasteiger partial charge in [0.15, 0.2) is 0 Å². The lowest BCUT2D eigenvalue weighted by Crippen LogP contribution is -2.26. The molecule has 86 valence electrons. The van der Waals surface area contributed by atoms with Crippen molar-refractivity contribution in [3.05, 3.63) is 18.2 Å². The number of hydrogen-bond donors (Lipinski definition) is 1. The summed E-state index contributed by atoms with van der Waals surface area (Å²) in [6.07, 6.45) is 5.11. The molecule has 1 heterocycles. The van der Waals surface area contributed by atoms with Crippen molar-refractivity contribution in [3.8, 4) is 0 Å². The van der Waals surface area contributed by atoms with Crippen molar-refractivity contribution in [2.45, 2.75) is 53.2 Å². The third-order valence-electron chi connectivity index (χ3n) is 2.58. The maximum Gasteiger partial charge on any atom is 0.122 e. The van der Waals surface area contributed by atoms with Crippen LogP contribution in [-0.2, 0) is 13.1 Å². The van der Waals surface area contributed by atoms with Gasteiger partial charge >= 0.3 is 0 Å². The molecule has 0 aliphatic carbocycles. The number of hydrogen-bond acceptors (Lipinski definition) is 2. The van der Waals surface area contributed by atoms with Gasteiger partial charge in [0.1, 0.15) is 5.82 Å². The quantitative estimate of drug-likeness (QED) is 0.780. The highest BCUT2D eigenvalue weighted by atomic mass is 15.1. The minimum Gasteiger partial charge on any atom is -0.334 e. The molecular formula is C12H23N3. The van der Waals surface area contributed by atoms with Crippen molar-refractivity contribution in [2.24, 2.45) is 5.92 Å². The highest BCUT2D eigenvalue weighted by molar-refractivity contribution is 4.92. The first-order valence-electron chi connectivity index (χ1n) is 5.86. The summed E-state index contributed by atoms with van der Waals surface area (Å²) < 4.78 is 2.24. The van der Waals surface area contributed by atoms with E-state index >= 15 is 0 Å². The topological polar surface area (TPSA) is 29.9 Å². The lowest BCUT2D eigenvalue weighted by atomic mass is 10.2. The van der Waals surface area contributed by atoms with Crippen LogP contribution in [-0.4, -0.2) is 15.6 Å². The van der Waals surface area contributed by atoms with E-state index in [9.17, 15) is 0 Å². The Labute approximate surface area is 92.9 Å². The van der Waals surface area contributed by atoms with Crippen molar-refractivity contribution in [3.63, 3.8) is 0 Å². The Morgan fingerprint density at radius 1 is 1.40 bits per heavy atom. The van der Waals surface area contributed by atoms with Gasteiger partial charge in [-0.15, -0.1) is 0 Å². The minimum absolute atomic E-state index is 0.564. The third kappa shape index (κ3) is 4.04. The number of nitrogens with zero attached hydrogens (tertiary/aromatic N) is 2. The fourth-order valence-electron chi connectivity index (χ4n) is 1.48. The molecule has 0 aliphatic heterocycles. The van der Waals surface area contributed by atoms with E-state index in [0.717, 1.165) is 25.3 Å². The fraction of sp³-hybridized carbons (Fsp3) is 0.750. The molecule has 1 unspecified atom stereocenters. The Morgan fingerprint density at radius 2 is 2.13 bits per heavy atom. The number of rotatable bonds is 6. The summed E-state index contributed by atoms with van der Waals surface area (Å²) >= 11 is 0. The first-order chi connectivity index (χ1) is 7.13. The molecule has 1 N–H and O–H groups in total. The zero-order valence-corrected chi connectivity index (χ0v) is 10.3. The van der Waals surface area contributed by atoms with Gasteiger partial charge in [0.05, 0.1) is 6.54 Å². The van der Waals surface area contributed by atoms with Gasteiger partial charge in [-0.25, -0.2) is 4.98 Å². The van der Waals surface area contributed by atoms with Crippen molar-refractivity contribution in [1.29, 1.82) is 0 Å². The van der Waals surface area contributed by atoms with Gasteiger partial charge in [-0.1, -0.05) is 20.8 Å². The maximum atomic E-state index is 4.38. The Kier molecular flexibility index (Phi) is 4.82. The van der Waals surface area contributed by atoms with Crippen molar-refractivity contribution < 1.29 is 0 Å². The molecule has 1 rings (SSSR count). The van der Waals surface area contributed by atoms with Gasteiger partial charge in [0.2, 0.25) is 0 Å². The molecule has 0 saturated heterocycles. The molecule has 0 aliphatic rings. The molecule has 1 aromatic heterocycles. The Balaban J connectivity index is 2.49. The lowest BCUT2D eigenvalue weighted by molar-refractivity contribution is 0.473. The second kappa shape index (κ2) is 5.91. The predicted octanol–water partition coefficient (Wildman–Crippen LogP) is 2.43. The van der Waals surface area contributed by atoms with E-state index in [-0.39, 0.29) is 0 Å². The highest BCUT2D eigenvalue weighted by Gasteiger charge is 2.05. The molecule has 15 heavy (non-hydrogen) atoms. The SMILES string of the molecule is CCC(C)NCc1nccn1CC(C)C. The van der Waals surface area contributed by atoms with Gasteiger partial charge < -0.3 is 9.88 Å². The van der Waals surface area contributed by atoms with E-state index in [1.54, 1.807) is 0 Å². The van der Waals surface area contributed by atoms with Gasteiger partial charge in [-0.05, 0) is 19.3 Å². The van der Waals surface area contributed by atoms with E-state index in [0.29, 0.717) is 12.0 Å². The molecule has 1 atom stereocenters. The summed E-state index contributed by atoms with van der Waals surface area (Å²) in [6.45, 7) is 10.8. The van der Waals surface area contributed by atoms with Crippen molar-refractivity contribution in [1.82, 2.24) is 14.9 Å². The van der Waals surface area contributed by atoms with E-state index in [2.05, 4.69) is 48.8 Å². The molecule has 0 radical (unpaired) electrons. The van der Waals surface area contributed by atoms with E-state index in [1.165, 1.54) is 0 Å². The molecule has 1 aromatic rings. The largest absolute Gasteiger partial charge is 0.334 e. The van der Waals surface area contributed by atoms with Crippen LogP contribution in [0.1, 0.15) is 39.9 Å². The summed E-state index contributed by atoms with van der Waals surface area (Å²) in [7, 11) is 0. The van der Waals surface area contributed by atoms with Gasteiger partial charge in [-0.2, -0.15) is 0 Å². The monoisotopic (exact) mass is 209 g/mol. The normalized spacial score (nSPS) is 13.4. The Hall–Kier alpha value is -0.830. The van der Waals surface area contributed by atoms with Crippen molar-refractivity contribution in [2.75, 3.05) is 0 Å². The highest BCUT2D eigenvalue weighted by Crippen LogP contribution is 2.04. The summed E-state index contributed by atoms with van der Waals surface area (Å²) in [4.78, 5) is 4.38. The van der Waals surface area contributed by atoms with Crippen LogP contribution in [0.15, 0.2) is 12.4 Å². The van der Waals surface area contributed by atoms with E-state index < -0.39 is 0 Å². The van der Waals surface area contributed by atoms with Gasteiger partial charge in [-0.3, -0.25) is 0 Å². The van der Waals surface area contributed by atoms with Crippen molar-refractivity contribution >= 4 is 0 Å². The smallest absolute Gasteiger partial charge is 0.122 e. The molecule has 0 aromatic carbocycles. The number of nitrogens with one attached hydrogen (secondary N) is 1. The maximum absolute atomic E-state index is 4.38. The predicted molar refractivity (Wildman–Crippen MR) is 63.7 cm³/mol. The standard InChI is InChI=1S/C12H23N3/c1-5-11(4)14-8-12-13-6-7-15(12)9-10(2)3/h6-7,10-11,14H,5,8-9H2,1-4H3. The van der Waals surface area contributed by atoms with Gasteiger partial charge in [0, 0.05) is 25.0 Å². The number of aromatic nitrogens is 2. The zero-order chi connectivity index (χ0) is 11.3. The van der Waals surface area contributed by atoms with Crippen LogP contribution in [0.4, 0.5) is 0 Å². The second-order valence-electron chi connectivity index (χ2n) is 4.58. The molecule has 0 fully saturated rings. The van der Waals surface area contributed by atoms with Crippen LogP contribution < -0.4 is 5.32 Å². The Morgan fingerprint density at radius 3 is 2.73 bits per heavy atom. The molecular weight excluding hydrogens is 186 g/mol. The van der Waals surface area contributed by atoms with E-state index in [4.69, 9.17) is 0 Å². The van der Waals surface area contributed by atoms with Gasteiger partial charge in [0.25, 0.3) is 0 Å². The van der Waals surface area contributed by atoms with E-state index in [1.807, 2.05) is 6.20 Å². The molecule has 3 nitrogen and oxygen atoms in total. The van der Waals surface area contributed by atoms with Crippen LogP contribution >= 0.6 is 0 Å². The molecule has 3 heteroatoms. The first kappa shape index (κ1) is 12.2. The second-order valence-corrected chi connectivity index (χ2v) is 4.58. The third-order valence-corrected chi connectivity index (χ3v) is 2.58. The van der Waals surface area contributed by atoms with Crippen LogP contribution in [0.2, 0.25) is 0 Å². The molecule has 0 spiro atoms. The molecule has 0 bridgehead atoms. The first-order valence-corrected chi connectivity index (χ1v) is 5.86. The van der Waals surface area contributed by atoms with Crippen LogP contribution in [0, 0.1) is 5.92 Å². The number of imidazole rings is 1. The van der Waals surface area contributed by atoms with Crippen LogP contribution in [0.5, 0.6) is 0 Å². The average molecular weight is 209 g/mol. The minimum atomic E-state index is 0.564. The molecule has 0 amide bonds. The summed E-state index contributed by atoms with van der Waals surface area (Å²) in [5, 5.41) is 3.46. The lowest BCUT2D eigenvalue weighted by Gasteiger charge is -2.13. The van der Waals surface area contributed by atoms with Crippen LogP contribution in [0.3, 0.4) is 0 Å².